The summed E-state index contributed by atoms with van der Waals surface area (Å²) in [6.07, 6.45) is 0.104. The quantitative estimate of drug-likeness (QED) is 0.547. The van der Waals surface area contributed by atoms with Crippen molar-refractivity contribution in [1.29, 1.82) is 0 Å². The summed E-state index contributed by atoms with van der Waals surface area (Å²) in [6, 6.07) is 14.2. The van der Waals surface area contributed by atoms with Crippen LogP contribution in [0.4, 0.5) is 0 Å². The fourth-order valence-electron chi connectivity index (χ4n) is 1.98. The monoisotopic (exact) mass is 421 g/mol. The van der Waals surface area contributed by atoms with Gasteiger partial charge in [0.15, 0.2) is 0 Å². The molecule has 2 N–H and O–H groups in total. The molecule has 0 fully saturated rings. The van der Waals surface area contributed by atoms with Crippen LogP contribution < -0.4 is 10.7 Å². The lowest BCUT2D eigenvalue weighted by Crippen LogP contribution is -2.26. The van der Waals surface area contributed by atoms with E-state index >= 15 is 0 Å². The lowest BCUT2D eigenvalue weighted by molar-refractivity contribution is -0.120. The van der Waals surface area contributed by atoms with E-state index in [1.165, 1.54) is 0 Å². The van der Waals surface area contributed by atoms with Crippen molar-refractivity contribution < 1.29 is 9.59 Å². The predicted molar refractivity (Wildman–Crippen MR) is 103 cm³/mol. The first-order valence-corrected chi connectivity index (χ1v) is 8.71. The number of benzene rings is 2. The van der Waals surface area contributed by atoms with Gasteiger partial charge in [0.1, 0.15) is 0 Å². The highest BCUT2D eigenvalue weighted by molar-refractivity contribution is 9.10. The minimum atomic E-state index is -0.331. The Hall–Kier alpha value is -2.18. The Morgan fingerprint density at radius 1 is 1.16 bits per heavy atom. The second kappa shape index (κ2) is 9.34. The highest BCUT2D eigenvalue weighted by Crippen LogP contribution is 2.11. The molecule has 0 aliphatic heterocycles. The van der Waals surface area contributed by atoms with E-state index in [-0.39, 0.29) is 18.2 Å². The molecule has 0 aliphatic carbocycles. The van der Waals surface area contributed by atoms with E-state index in [1.807, 2.05) is 18.2 Å². The van der Waals surface area contributed by atoms with Crippen molar-refractivity contribution in [2.45, 2.75) is 19.9 Å². The SMILES string of the molecule is C/C(CC(=O)NCc1ccc(Cl)cc1)=N/NC(=O)c1cccc(Br)c1. The average Bonchev–Trinajstić information content (AvgIpc) is 2.59. The maximum atomic E-state index is 12.0. The molecule has 0 aromatic heterocycles. The first-order valence-electron chi connectivity index (χ1n) is 7.54. The summed E-state index contributed by atoms with van der Waals surface area (Å²) in [5.41, 5.74) is 4.39. The normalized spacial score (nSPS) is 11.1. The van der Waals surface area contributed by atoms with Crippen molar-refractivity contribution in [2.24, 2.45) is 5.10 Å². The number of nitrogens with zero attached hydrogens (tertiary/aromatic N) is 1. The number of rotatable bonds is 6. The van der Waals surface area contributed by atoms with Gasteiger partial charge in [0.2, 0.25) is 5.91 Å². The molecule has 0 unspecified atom stereocenters. The van der Waals surface area contributed by atoms with Crippen LogP contribution in [0.2, 0.25) is 5.02 Å². The maximum Gasteiger partial charge on any atom is 0.271 e. The number of hydrogen-bond acceptors (Lipinski definition) is 3. The summed E-state index contributed by atoms with van der Waals surface area (Å²) in [5.74, 6) is -0.505. The standard InChI is InChI=1S/C18H17BrClN3O2/c1-12(22-23-18(25)14-3-2-4-15(19)10-14)9-17(24)21-11-13-5-7-16(20)8-6-13/h2-8,10H,9,11H2,1H3,(H,21,24)(H,23,25)/b22-12-. The van der Waals surface area contributed by atoms with Crippen LogP contribution in [0.25, 0.3) is 0 Å². The first kappa shape index (κ1) is 19.1. The second-order valence-electron chi connectivity index (χ2n) is 5.38. The molecule has 25 heavy (non-hydrogen) atoms. The molecule has 2 aromatic carbocycles. The van der Waals surface area contributed by atoms with Gasteiger partial charge in [-0.25, -0.2) is 5.43 Å². The summed E-state index contributed by atoms with van der Waals surface area (Å²) < 4.78 is 0.808. The first-order chi connectivity index (χ1) is 11.9. The summed E-state index contributed by atoms with van der Waals surface area (Å²) in [4.78, 5) is 23.9. The minimum absolute atomic E-state index is 0.104. The molecule has 0 heterocycles. The molecule has 0 bridgehead atoms. The molecule has 2 rings (SSSR count). The lowest BCUT2D eigenvalue weighted by atomic mass is 10.2. The Morgan fingerprint density at radius 2 is 1.88 bits per heavy atom. The van der Waals surface area contributed by atoms with Crippen LogP contribution in [0.15, 0.2) is 58.1 Å². The summed E-state index contributed by atoms with van der Waals surface area (Å²) in [7, 11) is 0. The molecule has 0 spiro atoms. The van der Waals surface area contributed by atoms with Gasteiger partial charge in [-0.15, -0.1) is 0 Å². The number of hydrazone groups is 1. The number of hydrogen-bond donors (Lipinski definition) is 2. The van der Waals surface area contributed by atoms with Crippen molar-refractivity contribution in [1.82, 2.24) is 10.7 Å². The van der Waals surface area contributed by atoms with Crippen LogP contribution in [0.5, 0.6) is 0 Å². The van der Waals surface area contributed by atoms with Gasteiger partial charge in [-0.1, -0.05) is 45.7 Å². The smallest absolute Gasteiger partial charge is 0.271 e. The van der Waals surface area contributed by atoms with E-state index in [4.69, 9.17) is 11.6 Å². The van der Waals surface area contributed by atoms with E-state index < -0.39 is 0 Å². The third-order valence-electron chi connectivity index (χ3n) is 3.25. The molecular weight excluding hydrogens is 406 g/mol. The third-order valence-corrected chi connectivity index (χ3v) is 4.00. The Morgan fingerprint density at radius 3 is 2.56 bits per heavy atom. The fraction of sp³-hybridized carbons (Fsp3) is 0.167. The lowest BCUT2D eigenvalue weighted by Gasteiger charge is -2.06. The molecule has 0 atom stereocenters. The van der Waals surface area contributed by atoms with Crippen molar-refractivity contribution in [3.63, 3.8) is 0 Å². The number of amides is 2. The van der Waals surface area contributed by atoms with Crippen LogP contribution in [0, 0.1) is 0 Å². The van der Waals surface area contributed by atoms with Crippen LogP contribution >= 0.6 is 27.5 Å². The number of carbonyl (C=O) groups is 2. The van der Waals surface area contributed by atoms with Crippen LogP contribution in [0.3, 0.4) is 0 Å². The highest BCUT2D eigenvalue weighted by Gasteiger charge is 2.07. The van der Waals surface area contributed by atoms with Gasteiger partial charge >= 0.3 is 0 Å². The van der Waals surface area contributed by atoms with E-state index in [1.54, 1.807) is 37.3 Å². The highest BCUT2D eigenvalue weighted by atomic mass is 79.9. The molecule has 0 saturated heterocycles. The summed E-state index contributed by atoms with van der Waals surface area (Å²) >= 11 is 9.12. The zero-order valence-corrected chi connectivity index (χ0v) is 15.9. The zero-order chi connectivity index (χ0) is 18.2. The Kier molecular flexibility index (Phi) is 7.16. The van der Waals surface area contributed by atoms with Gasteiger partial charge in [-0.2, -0.15) is 5.10 Å². The summed E-state index contributed by atoms with van der Waals surface area (Å²) in [5, 5.41) is 7.41. The largest absolute Gasteiger partial charge is 0.352 e. The van der Waals surface area contributed by atoms with Gasteiger partial charge < -0.3 is 5.32 Å². The van der Waals surface area contributed by atoms with Gasteiger partial charge in [0, 0.05) is 27.3 Å². The summed E-state index contributed by atoms with van der Waals surface area (Å²) in [6.45, 7) is 2.09. The van der Waals surface area contributed by atoms with E-state index in [0.29, 0.717) is 22.8 Å². The Balaban J connectivity index is 1.80. The Labute approximate surface area is 159 Å². The molecule has 130 valence electrons. The van der Waals surface area contributed by atoms with Gasteiger partial charge in [0.25, 0.3) is 5.91 Å². The van der Waals surface area contributed by atoms with Crippen molar-refractivity contribution in [2.75, 3.05) is 0 Å². The fourth-order valence-corrected chi connectivity index (χ4v) is 2.50. The number of carbonyl (C=O) groups excluding carboxylic acids is 2. The van der Waals surface area contributed by atoms with E-state index in [2.05, 4.69) is 31.8 Å². The molecule has 2 aromatic rings. The van der Waals surface area contributed by atoms with Gasteiger partial charge in [-0.3, -0.25) is 9.59 Å². The number of nitrogens with one attached hydrogen (secondary N) is 2. The number of halogens is 2. The topological polar surface area (TPSA) is 70.6 Å². The molecule has 0 aliphatic rings. The molecule has 0 saturated carbocycles. The molecule has 0 radical (unpaired) electrons. The van der Waals surface area contributed by atoms with E-state index in [0.717, 1.165) is 10.0 Å². The van der Waals surface area contributed by atoms with Crippen LogP contribution in [-0.4, -0.2) is 17.5 Å². The minimum Gasteiger partial charge on any atom is -0.352 e. The van der Waals surface area contributed by atoms with Gasteiger partial charge in [-0.05, 0) is 42.8 Å². The average molecular weight is 423 g/mol. The van der Waals surface area contributed by atoms with Crippen molar-refractivity contribution in [3.05, 3.63) is 69.2 Å². The van der Waals surface area contributed by atoms with Crippen LogP contribution in [0.1, 0.15) is 29.3 Å². The molecule has 7 heteroatoms. The van der Waals surface area contributed by atoms with Crippen LogP contribution in [-0.2, 0) is 11.3 Å². The van der Waals surface area contributed by atoms with Gasteiger partial charge in [0.05, 0.1) is 6.42 Å². The third kappa shape index (κ3) is 6.68. The van der Waals surface area contributed by atoms with Crippen molar-refractivity contribution in [3.8, 4) is 0 Å². The predicted octanol–water partition coefficient (Wildman–Crippen LogP) is 3.91. The zero-order valence-electron chi connectivity index (χ0n) is 13.6. The maximum absolute atomic E-state index is 12.0. The van der Waals surface area contributed by atoms with E-state index in [9.17, 15) is 9.59 Å². The molecular formula is C18H17BrClN3O2. The molecule has 2 amide bonds. The second-order valence-corrected chi connectivity index (χ2v) is 6.73. The Bertz CT molecular complexity index is 791. The molecule has 5 nitrogen and oxygen atoms in total. The van der Waals surface area contributed by atoms with Crippen molar-refractivity contribution >= 4 is 45.1 Å².